The van der Waals surface area contributed by atoms with Gasteiger partial charge in [0.15, 0.2) is 0 Å². The van der Waals surface area contributed by atoms with Crippen LogP contribution in [0, 0.1) is 5.92 Å². The van der Waals surface area contributed by atoms with Crippen LogP contribution in [0.1, 0.15) is 78.1 Å². The van der Waals surface area contributed by atoms with Crippen LogP contribution < -0.4 is 5.32 Å². The van der Waals surface area contributed by atoms with Gasteiger partial charge in [0.25, 0.3) is 5.91 Å². The number of carbonyl (C=O) groups is 1. The Balaban J connectivity index is 1.48. The Morgan fingerprint density at radius 2 is 1.71 bits per heavy atom. The van der Waals surface area contributed by atoms with Gasteiger partial charge in [-0.1, -0.05) is 45.0 Å². The molecule has 2 heterocycles. The van der Waals surface area contributed by atoms with Crippen LogP contribution in [-0.2, 0) is 30.1 Å². The molecule has 1 aliphatic heterocycles. The second-order valence-electron chi connectivity index (χ2n) is 9.89. The maximum Gasteiger partial charge on any atom is 0.416 e. The number of hydrogen-bond acceptors (Lipinski definition) is 4. The Bertz CT molecular complexity index is 1310. The molecule has 0 saturated heterocycles. The highest BCUT2D eigenvalue weighted by Crippen LogP contribution is 2.45. The van der Waals surface area contributed by atoms with Crippen LogP contribution in [0.4, 0.5) is 13.2 Å². The van der Waals surface area contributed by atoms with E-state index in [1.165, 1.54) is 12.1 Å². The molecule has 3 unspecified atom stereocenters. The number of nitrogens with zero attached hydrogens (tertiary/aromatic N) is 2. The highest BCUT2D eigenvalue weighted by atomic mass is 32.2. The SMILES string of the molecule is CCS(=O)c1ccc(CNC(=O)c2cnc3c(c2)C(C)N(Cc2ccc(C(F)(F)F)cc2)C3C(C)C)cc1. The molecule has 0 saturated carbocycles. The first-order chi connectivity index (χ1) is 18.0. The summed E-state index contributed by atoms with van der Waals surface area (Å²) >= 11 is 0. The third-order valence-electron chi connectivity index (χ3n) is 6.98. The Labute approximate surface area is 223 Å². The molecule has 0 fully saturated rings. The van der Waals surface area contributed by atoms with Crippen molar-refractivity contribution in [2.75, 3.05) is 5.75 Å². The Morgan fingerprint density at radius 3 is 2.29 bits per heavy atom. The molecule has 1 aromatic heterocycles. The fourth-order valence-corrected chi connectivity index (χ4v) is 5.70. The second kappa shape index (κ2) is 11.4. The molecule has 5 nitrogen and oxygen atoms in total. The van der Waals surface area contributed by atoms with Gasteiger partial charge in [0.2, 0.25) is 0 Å². The van der Waals surface area contributed by atoms with Crippen molar-refractivity contribution in [1.29, 1.82) is 0 Å². The average molecular weight is 544 g/mol. The fourth-order valence-electron chi connectivity index (χ4n) is 4.93. The Morgan fingerprint density at radius 1 is 1.08 bits per heavy atom. The summed E-state index contributed by atoms with van der Waals surface area (Å²) in [6.45, 7) is 8.90. The predicted octanol–water partition coefficient (Wildman–Crippen LogP) is 6.43. The quantitative estimate of drug-likeness (QED) is 0.356. The van der Waals surface area contributed by atoms with Gasteiger partial charge in [-0.15, -0.1) is 0 Å². The number of hydrogen-bond donors (Lipinski definition) is 1. The lowest BCUT2D eigenvalue weighted by atomic mass is 9.99. The summed E-state index contributed by atoms with van der Waals surface area (Å²) in [4.78, 5) is 20.6. The van der Waals surface area contributed by atoms with E-state index >= 15 is 0 Å². The lowest BCUT2D eigenvalue weighted by molar-refractivity contribution is -0.137. The minimum Gasteiger partial charge on any atom is -0.348 e. The molecule has 2 aromatic carbocycles. The van der Waals surface area contributed by atoms with Crippen LogP contribution in [-0.4, -0.2) is 25.8 Å². The molecule has 0 aliphatic carbocycles. The first kappa shape index (κ1) is 28.0. The zero-order valence-electron chi connectivity index (χ0n) is 21.9. The third kappa shape index (κ3) is 5.99. The number of amides is 1. The Kier molecular flexibility index (Phi) is 8.37. The van der Waals surface area contributed by atoms with Crippen LogP contribution in [0.25, 0.3) is 0 Å². The molecule has 3 atom stereocenters. The topological polar surface area (TPSA) is 62.3 Å². The lowest BCUT2D eigenvalue weighted by Crippen LogP contribution is -2.28. The summed E-state index contributed by atoms with van der Waals surface area (Å²) in [5.41, 5.74) is 3.34. The fraction of sp³-hybridized carbons (Fsp3) is 0.379. The molecule has 9 heteroatoms. The molecule has 0 radical (unpaired) electrons. The number of nitrogens with one attached hydrogen (secondary N) is 1. The van der Waals surface area contributed by atoms with E-state index in [1.54, 1.807) is 6.20 Å². The van der Waals surface area contributed by atoms with E-state index < -0.39 is 22.5 Å². The molecule has 0 bridgehead atoms. The molecule has 1 aliphatic rings. The van der Waals surface area contributed by atoms with E-state index in [0.29, 0.717) is 24.4 Å². The summed E-state index contributed by atoms with van der Waals surface area (Å²) in [6, 6.07) is 14.4. The van der Waals surface area contributed by atoms with Crippen LogP contribution in [0.15, 0.2) is 65.7 Å². The van der Waals surface area contributed by atoms with Crippen molar-refractivity contribution in [3.05, 3.63) is 94.3 Å². The molecule has 4 rings (SSSR count). The minimum atomic E-state index is -4.37. The number of aromatic nitrogens is 1. The van der Waals surface area contributed by atoms with E-state index in [1.807, 2.05) is 44.2 Å². The summed E-state index contributed by atoms with van der Waals surface area (Å²) in [7, 11) is -1.02. The minimum absolute atomic E-state index is 0.0217. The van der Waals surface area contributed by atoms with E-state index in [0.717, 1.165) is 39.4 Å². The van der Waals surface area contributed by atoms with Crippen molar-refractivity contribution in [1.82, 2.24) is 15.2 Å². The van der Waals surface area contributed by atoms with Crippen LogP contribution in [0.5, 0.6) is 0 Å². The van der Waals surface area contributed by atoms with Gasteiger partial charge in [-0.3, -0.25) is 18.9 Å². The first-order valence-corrected chi connectivity index (χ1v) is 14.0. The zero-order valence-corrected chi connectivity index (χ0v) is 22.7. The number of fused-ring (bicyclic) bond motifs is 1. The van der Waals surface area contributed by atoms with E-state index in [9.17, 15) is 22.2 Å². The number of carbonyl (C=O) groups excluding carboxylic acids is 1. The highest BCUT2D eigenvalue weighted by molar-refractivity contribution is 7.85. The standard InChI is InChI=1S/C29H32F3N3O2S/c1-5-38(37)24-12-8-20(9-13-24)15-34-28(36)22-14-25-19(4)35(27(18(2)3)26(25)33-16-22)17-21-6-10-23(11-7-21)29(30,31)32/h6-14,16,18-19,27H,5,15,17H2,1-4H3,(H,34,36). The lowest BCUT2D eigenvalue weighted by Gasteiger charge is -2.31. The molecule has 1 N–H and O–H groups in total. The predicted molar refractivity (Wildman–Crippen MR) is 142 cm³/mol. The van der Waals surface area contributed by atoms with Crippen molar-refractivity contribution in [3.63, 3.8) is 0 Å². The molecular formula is C29H32F3N3O2S. The molecular weight excluding hydrogens is 511 g/mol. The van der Waals surface area contributed by atoms with Gasteiger partial charge in [0, 0.05) is 36.0 Å². The molecule has 3 aromatic rings. The number of alkyl halides is 3. The van der Waals surface area contributed by atoms with Crippen molar-refractivity contribution in [2.45, 2.75) is 63.9 Å². The van der Waals surface area contributed by atoms with Gasteiger partial charge in [-0.2, -0.15) is 13.2 Å². The number of pyridine rings is 1. The van der Waals surface area contributed by atoms with Gasteiger partial charge in [-0.05, 0) is 59.9 Å². The molecule has 38 heavy (non-hydrogen) atoms. The number of halogens is 3. The number of benzene rings is 2. The summed E-state index contributed by atoms with van der Waals surface area (Å²) in [5, 5.41) is 2.93. The maximum atomic E-state index is 13.0. The van der Waals surface area contributed by atoms with Crippen LogP contribution in [0.3, 0.4) is 0 Å². The maximum absolute atomic E-state index is 13.0. The van der Waals surface area contributed by atoms with Crippen LogP contribution >= 0.6 is 0 Å². The van der Waals surface area contributed by atoms with E-state index in [-0.39, 0.29) is 23.9 Å². The normalized spacial score (nSPS) is 18.4. The largest absolute Gasteiger partial charge is 0.416 e. The van der Waals surface area contributed by atoms with Gasteiger partial charge < -0.3 is 5.32 Å². The smallest absolute Gasteiger partial charge is 0.348 e. The Hall–Kier alpha value is -3.04. The van der Waals surface area contributed by atoms with E-state index in [4.69, 9.17) is 0 Å². The zero-order chi connectivity index (χ0) is 27.6. The second-order valence-corrected chi connectivity index (χ2v) is 11.6. The van der Waals surface area contributed by atoms with Crippen molar-refractivity contribution >= 4 is 16.7 Å². The van der Waals surface area contributed by atoms with Gasteiger partial charge in [-0.25, -0.2) is 0 Å². The van der Waals surface area contributed by atoms with Crippen LogP contribution in [0.2, 0.25) is 0 Å². The van der Waals surface area contributed by atoms with Crippen molar-refractivity contribution in [3.8, 4) is 0 Å². The van der Waals surface area contributed by atoms with E-state index in [2.05, 4.69) is 29.0 Å². The average Bonchev–Trinajstić information content (AvgIpc) is 3.17. The van der Waals surface area contributed by atoms with Gasteiger partial charge in [0.1, 0.15) is 0 Å². The molecule has 0 spiro atoms. The van der Waals surface area contributed by atoms with Gasteiger partial charge in [0.05, 0.1) is 33.7 Å². The summed E-state index contributed by atoms with van der Waals surface area (Å²) in [6.07, 6.45) is -2.78. The summed E-state index contributed by atoms with van der Waals surface area (Å²) < 4.78 is 50.9. The monoisotopic (exact) mass is 543 g/mol. The molecule has 202 valence electrons. The number of rotatable bonds is 8. The van der Waals surface area contributed by atoms with Crippen molar-refractivity contribution < 1.29 is 22.2 Å². The first-order valence-electron chi connectivity index (χ1n) is 12.7. The third-order valence-corrected chi connectivity index (χ3v) is 8.30. The summed E-state index contributed by atoms with van der Waals surface area (Å²) in [5.74, 6) is 0.528. The van der Waals surface area contributed by atoms with Gasteiger partial charge >= 0.3 is 6.18 Å². The highest BCUT2D eigenvalue weighted by Gasteiger charge is 2.39. The van der Waals surface area contributed by atoms with Crippen molar-refractivity contribution in [2.24, 2.45) is 5.92 Å². The molecule has 1 amide bonds.